The molecule has 0 spiro atoms. The van der Waals surface area contributed by atoms with E-state index in [-0.39, 0.29) is 17.9 Å². The van der Waals surface area contributed by atoms with Crippen molar-refractivity contribution in [1.29, 1.82) is 0 Å². The molecule has 0 aliphatic carbocycles. The molecule has 0 saturated carbocycles. The van der Waals surface area contributed by atoms with Crippen molar-refractivity contribution in [1.82, 2.24) is 15.4 Å². The molecule has 21 heavy (non-hydrogen) atoms. The SMILES string of the molecule is CC(C)CC(C(=O)NCc1ccon1)N1CCCCC1=O. The molecule has 1 aliphatic heterocycles. The quantitative estimate of drug-likeness (QED) is 0.866. The van der Waals surface area contributed by atoms with E-state index in [4.69, 9.17) is 4.52 Å². The number of nitrogens with one attached hydrogen (secondary N) is 1. The number of carbonyl (C=O) groups excluding carboxylic acids is 2. The summed E-state index contributed by atoms with van der Waals surface area (Å²) in [6, 6.07) is 1.33. The van der Waals surface area contributed by atoms with Gasteiger partial charge in [0, 0.05) is 19.0 Å². The Kier molecular flexibility index (Phi) is 5.36. The Hall–Kier alpha value is -1.85. The number of nitrogens with zero attached hydrogens (tertiary/aromatic N) is 2. The minimum Gasteiger partial charge on any atom is -0.364 e. The average molecular weight is 293 g/mol. The summed E-state index contributed by atoms with van der Waals surface area (Å²) >= 11 is 0. The molecule has 2 heterocycles. The zero-order chi connectivity index (χ0) is 15.2. The number of piperidine rings is 1. The van der Waals surface area contributed by atoms with Gasteiger partial charge in [-0.25, -0.2) is 0 Å². The van der Waals surface area contributed by atoms with Crippen LogP contribution in [-0.2, 0) is 16.1 Å². The van der Waals surface area contributed by atoms with Gasteiger partial charge in [0.1, 0.15) is 18.0 Å². The molecule has 1 unspecified atom stereocenters. The van der Waals surface area contributed by atoms with Crippen molar-refractivity contribution in [3.8, 4) is 0 Å². The highest BCUT2D eigenvalue weighted by Crippen LogP contribution is 2.19. The summed E-state index contributed by atoms with van der Waals surface area (Å²) in [4.78, 5) is 26.3. The Morgan fingerprint density at radius 2 is 2.29 bits per heavy atom. The summed E-state index contributed by atoms with van der Waals surface area (Å²) in [6.45, 7) is 5.12. The molecule has 1 saturated heterocycles. The van der Waals surface area contributed by atoms with Crippen LogP contribution >= 0.6 is 0 Å². The second-order valence-corrected chi connectivity index (χ2v) is 5.90. The molecule has 6 heteroatoms. The number of hydrogen-bond acceptors (Lipinski definition) is 4. The lowest BCUT2D eigenvalue weighted by Crippen LogP contribution is -2.51. The van der Waals surface area contributed by atoms with Gasteiger partial charge in [-0.05, 0) is 25.2 Å². The molecule has 0 radical (unpaired) electrons. The number of rotatable bonds is 6. The fourth-order valence-electron chi connectivity index (χ4n) is 2.60. The Balaban J connectivity index is 2.00. The first-order valence-corrected chi connectivity index (χ1v) is 7.54. The van der Waals surface area contributed by atoms with E-state index in [2.05, 4.69) is 24.3 Å². The maximum Gasteiger partial charge on any atom is 0.243 e. The highest BCUT2D eigenvalue weighted by Gasteiger charge is 2.31. The predicted octanol–water partition coefficient (Wildman–Crippen LogP) is 1.72. The lowest BCUT2D eigenvalue weighted by molar-refractivity contribution is -0.143. The molecule has 1 aromatic heterocycles. The van der Waals surface area contributed by atoms with E-state index < -0.39 is 0 Å². The molecule has 1 aromatic rings. The maximum absolute atomic E-state index is 12.5. The number of carbonyl (C=O) groups is 2. The van der Waals surface area contributed by atoms with Crippen LogP contribution < -0.4 is 5.32 Å². The normalized spacial score (nSPS) is 17.1. The van der Waals surface area contributed by atoms with Gasteiger partial charge in [-0.1, -0.05) is 19.0 Å². The molecule has 2 amide bonds. The number of amides is 2. The van der Waals surface area contributed by atoms with Crippen molar-refractivity contribution in [2.24, 2.45) is 5.92 Å². The predicted molar refractivity (Wildman–Crippen MR) is 77.2 cm³/mol. The lowest BCUT2D eigenvalue weighted by Gasteiger charge is -2.34. The van der Waals surface area contributed by atoms with Gasteiger partial charge in [-0.3, -0.25) is 9.59 Å². The fraction of sp³-hybridized carbons (Fsp3) is 0.667. The highest BCUT2D eigenvalue weighted by molar-refractivity contribution is 5.88. The Morgan fingerprint density at radius 3 is 2.90 bits per heavy atom. The molecule has 1 fully saturated rings. The topological polar surface area (TPSA) is 75.4 Å². The van der Waals surface area contributed by atoms with E-state index in [0.717, 1.165) is 12.8 Å². The zero-order valence-corrected chi connectivity index (χ0v) is 12.7. The third-order valence-corrected chi connectivity index (χ3v) is 3.67. The highest BCUT2D eigenvalue weighted by atomic mass is 16.5. The minimum atomic E-state index is -0.385. The van der Waals surface area contributed by atoms with Crippen LogP contribution in [0.1, 0.15) is 45.2 Å². The van der Waals surface area contributed by atoms with Crippen molar-refractivity contribution in [3.63, 3.8) is 0 Å². The van der Waals surface area contributed by atoms with Crippen LogP contribution in [-0.4, -0.2) is 34.5 Å². The summed E-state index contributed by atoms with van der Waals surface area (Å²) in [5.74, 6) is 0.327. The molecule has 1 atom stereocenters. The third-order valence-electron chi connectivity index (χ3n) is 3.67. The van der Waals surface area contributed by atoms with Gasteiger partial charge in [0.2, 0.25) is 11.8 Å². The summed E-state index contributed by atoms with van der Waals surface area (Å²) in [7, 11) is 0. The first kappa shape index (κ1) is 15.5. The number of aromatic nitrogens is 1. The van der Waals surface area contributed by atoms with E-state index >= 15 is 0 Å². The second-order valence-electron chi connectivity index (χ2n) is 5.90. The Morgan fingerprint density at radius 1 is 1.48 bits per heavy atom. The fourth-order valence-corrected chi connectivity index (χ4v) is 2.60. The van der Waals surface area contributed by atoms with Crippen LogP contribution in [0, 0.1) is 5.92 Å². The standard InChI is InChI=1S/C15H23N3O3/c1-11(2)9-13(18-7-4-3-5-14(18)19)15(20)16-10-12-6-8-21-17-12/h6,8,11,13H,3-5,7,9-10H2,1-2H3,(H,16,20). The maximum atomic E-state index is 12.5. The monoisotopic (exact) mass is 293 g/mol. The average Bonchev–Trinajstić information content (AvgIpc) is 2.96. The summed E-state index contributed by atoms with van der Waals surface area (Å²) < 4.78 is 4.74. The van der Waals surface area contributed by atoms with Gasteiger partial charge >= 0.3 is 0 Å². The smallest absolute Gasteiger partial charge is 0.243 e. The van der Waals surface area contributed by atoms with Crippen LogP contribution in [0.3, 0.4) is 0 Å². The van der Waals surface area contributed by atoms with Crippen LogP contribution in [0.25, 0.3) is 0 Å². The number of likely N-dealkylation sites (tertiary alicyclic amines) is 1. The third kappa shape index (κ3) is 4.31. The zero-order valence-electron chi connectivity index (χ0n) is 12.7. The van der Waals surface area contributed by atoms with Crippen LogP contribution in [0.15, 0.2) is 16.9 Å². The molecule has 6 nitrogen and oxygen atoms in total. The van der Waals surface area contributed by atoms with Crippen LogP contribution in [0.4, 0.5) is 0 Å². The molecule has 1 aliphatic rings. The van der Waals surface area contributed by atoms with Crippen molar-refractivity contribution in [2.45, 2.75) is 52.1 Å². The van der Waals surface area contributed by atoms with Gasteiger partial charge in [0.15, 0.2) is 0 Å². The summed E-state index contributed by atoms with van der Waals surface area (Å²) in [5, 5.41) is 6.62. The lowest BCUT2D eigenvalue weighted by atomic mass is 9.98. The van der Waals surface area contributed by atoms with Crippen molar-refractivity contribution < 1.29 is 14.1 Å². The van der Waals surface area contributed by atoms with E-state index in [1.54, 1.807) is 11.0 Å². The number of hydrogen-bond donors (Lipinski definition) is 1. The Labute approximate surface area is 124 Å². The first-order chi connectivity index (χ1) is 10.1. The molecular formula is C15H23N3O3. The molecule has 1 N–H and O–H groups in total. The van der Waals surface area contributed by atoms with Gasteiger partial charge in [-0.15, -0.1) is 0 Å². The minimum absolute atomic E-state index is 0.0866. The molecule has 116 valence electrons. The van der Waals surface area contributed by atoms with E-state index in [0.29, 0.717) is 37.5 Å². The van der Waals surface area contributed by atoms with E-state index in [1.807, 2.05) is 0 Å². The van der Waals surface area contributed by atoms with Gasteiger partial charge in [-0.2, -0.15) is 0 Å². The first-order valence-electron chi connectivity index (χ1n) is 7.54. The molecule has 0 bridgehead atoms. The van der Waals surface area contributed by atoms with Gasteiger partial charge < -0.3 is 14.7 Å². The van der Waals surface area contributed by atoms with Gasteiger partial charge in [0.05, 0.1) is 6.54 Å². The van der Waals surface area contributed by atoms with Crippen molar-refractivity contribution in [3.05, 3.63) is 18.0 Å². The molecular weight excluding hydrogens is 270 g/mol. The Bertz CT molecular complexity index is 471. The molecule has 0 aromatic carbocycles. The second kappa shape index (κ2) is 7.24. The summed E-state index contributed by atoms with van der Waals surface area (Å²) in [5.41, 5.74) is 0.677. The van der Waals surface area contributed by atoms with Gasteiger partial charge in [0.25, 0.3) is 0 Å². The van der Waals surface area contributed by atoms with Crippen molar-refractivity contribution >= 4 is 11.8 Å². The van der Waals surface area contributed by atoms with E-state index in [1.165, 1.54) is 6.26 Å². The van der Waals surface area contributed by atoms with E-state index in [9.17, 15) is 9.59 Å². The largest absolute Gasteiger partial charge is 0.364 e. The van der Waals surface area contributed by atoms with Crippen molar-refractivity contribution in [2.75, 3.05) is 6.54 Å². The van der Waals surface area contributed by atoms with Crippen LogP contribution in [0.5, 0.6) is 0 Å². The summed E-state index contributed by atoms with van der Waals surface area (Å²) in [6.07, 6.45) is 4.59. The van der Waals surface area contributed by atoms with Crippen LogP contribution in [0.2, 0.25) is 0 Å². The molecule has 2 rings (SSSR count).